The summed E-state index contributed by atoms with van der Waals surface area (Å²) in [6.45, 7) is 13.2. The number of hydrogen-bond acceptors (Lipinski definition) is 5. The Morgan fingerprint density at radius 1 is 0.766 bits per heavy atom. The summed E-state index contributed by atoms with van der Waals surface area (Å²) in [7, 11) is -2.93. The molecule has 3 rings (SSSR count). The summed E-state index contributed by atoms with van der Waals surface area (Å²) < 4.78 is 18.7. The van der Waals surface area contributed by atoms with Gasteiger partial charge in [0.15, 0.2) is 5.41 Å². The lowest BCUT2D eigenvalue weighted by Crippen LogP contribution is -2.66. The summed E-state index contributed by atoms with van der Waals surface area (Å²) in [5, 5.41) is 12.7. The average molecular weight is 661 g/mol. The van der Waals surface area contributed by atoms with Crippen molar-refractivity contribution in [3.8, 4) is 5.75 Å². The van der Waals surface area contributed by atoms with Crippen LogP contribution in [0.4, 0.5) is 0 Å². The van der Waals surface area contributed by atoms with Gasteiger partial charge in [-0.2, -0.15) is 0 Å². The van der Waals surface area contributed by atoms with Gasteiger partial charge in [0.05, 0.1) is 12.7 Å². The van der Waals surface area contributed by atoms with E-state index in [9.17, 15) is 14.7 Å². The third-order valence-electron chi connectivity index (χ3n) is 9.23. The monoisotopic (exact) mass is 660 g/mol. The van der Waals surface area contributed by atoms with Crippen LogP contribution in [0.1, 0.15) is 98.5 Å². The van der Waals surface area contributed by atoms with E-state index in [2.05, 4.69) is 52.0 Å². The van der Waals surface area contributed by atoms with Gasteiger partial charge in [-0.15, -0.1) is 0 Å². The van der Waals surface area contributed by atoms with Crippen LogP contribution in [0, 0.1) is 5.41 Å². The van der Waals surface area contributed by atoms with Crippen molar-refractivity contribution in [3.63, 3.8) is 0 Å². The Bertz CT molecular complexity index is 1310. The summed E-state index contributed by atoms with van der Waals surface area (Å²) in [5.41, 5.74) is -0.821. The molecule has 0 aliphatic heterocycles. The van der Waals surface area contributed by atoms with Gasteiger partial charge in [-0.3, -0.25) is 9.59 Å². The summed E-state index contributed by atoms with van der Waals surface area (Å²) >= 11 is 0. The van der Waals surface area contributed by atoms with E-state index in [1.807, 2.05) is 67.6 Å². The van der Waals surface area contributed by atoms with Gasteiger partial charge in [0, 0.05) is 6.61 Å². The Morgan fingerprint density at radius 2 is 1.34 bits per heavy atom. The molecule has 0 aromatic heterocycles. The molecule has 0 saturated heterocycles. The normalized spacial score (nSPS) is 13.8. The number of ether oxygens (including phenoxy) is 2. The fourth-order valence-corrected chi connectivity index (χ4v) is 10.7. The van der Waals surface area contributed by atoms with Crippen LogP contribution in [0.15, 0.2) is 84.9 Å². The van der Waals surface area contributed by atoms with E-state index in [-0.39, 0.29) is 24.5 Å². The smallest absolute Gasteiger partial charge is 0.323 e. The Kier molecular flexibility index (Phi) is 14.7. The number of aryl methyl sites for hydroxylation is 1. The molecule has 1 N–H and O–H groups in total. The second kappa shape index (κ2) is 18.2. The topological polar surface area (TPSA) is 82.1 Å². The molecule has 47 heavy (non-hydrogen) atoms. The van der Waals surface area contributed by atoms with Gasteiger partial charge in [-0.1, -0.05) is 133 Å². The third-order valence-corrected chi connectivity index (χ3v) is 14.3. The van der Waals surface area contributed by atoms with Crippen molar-refractivity contribution >= 4 is 30.6 Å². The molecule has 256 valence electrons. The first-order chi connectivity index (χ1) is 22.5. The number of carbonyl (C=O) groups excluding carboxylic acids is 1. The Balaban J connectivity index is 1.86. The maximum atomic E-state index is 13.8. The molecular formula is C40H56O6Si. The largest absolute Gasteiger partial charge is 0.494 e. The number of carbonyl (C=O) groups is 2. The highest BCUT2D eigenvalue weighted by Crippen LogP contribution is 2.38. The van der Waals surface area contributed by atoms with Crippen LogP contribution >= 0.6 is 0 Å². The number of rotatable bonds is 20. The zero-order valence-corrected chi connectivity index (χ0v) is 30.4. The summed E-state index contributed by atoms with van der Waals surface area (Å²) in [6, 6.07) is 28.2. The molecule has 6 nitrogen and oxygen atoms in total. The minimum atomic E-state index is -2.93. The van der Waals surface area contributed by atoms with Crippen LogP contribution in [0.2, 0.25) is 5.04 Å². The number of hydrogen-bond donors (Lipinski definition) is 1. The van der Waals surface area contributed by atoms with Gasteiger partial charge in [-0.25, -0.2) is 0 Å². The lowest BCUT2D eigenvalue weighted by atomic mass is 9.79. The molecule has 0 saturated carbocycles. The molecule has 0 aliphatic carbocycles. The first-order valence-corrected chi connectivity index (χ1v) is 19.3. The van der Waals surface area contributed by atoms with Crippen LogP contribution < -0.4 is 15.1 Å². The maximum absolute atomic E-state index is 13.8. The van der Waals surface area contributed by atoms with E-state index in [0.29, 0.717) is 19.4 Å². The number of carboxylic acids is 1. The van der Waals surface area contributed by atoms with Gasteiger partial charge >= 0.3 is 11.9 Å². The van der Waals surface area contributed by atoms with Crippen LogP contribution in [0.25, 0.3) is 0 Å². The van der Waals surface area contributed by atoms with Gasteiger partial charge in [0.25, 0.3) is 8.32 Å². The summed E-state index contributed by atoms with van der Waals surface area (Å²) in [4.78, 5) is 26.9. The highest BCUT2D eigenvalue weighted by Gasteiger charge is 2.52. The lowest BCUT2D eigenvalue weighted by molar-refractivity contribution is -0.174. The molecule has 0 amide bonds. The van der Waals surface area contributed by atoms with Crippen LogP contribution in [-0.4, -0.2) is 44.7 Å². The van der Waals surface area contributed by atoms with E-state index in [0.717, 1.165) is 34.5 Å². The zero-order chi connectivity index (χ0) is 34.3. The van der Waals surface area contributed by atoms with Crippen LogP contribution in [0.5, 0.6) is 5.75 Å². The first kappa shape index (κ1) is 38.0. The predicted molar refractivity (Wildman–Crippen MR) is 193 cm³/mol. The first-order valence-electron chi connectivity index (χ1n) is 17.4. The Morgan fingerprint density at radius 3 is 1.85 bits per heavy atom. The fraction of sp³-hybridized carbons (Fsp3) is 0.500. The molecule has 0 spiro atoms. The third kappa shape index (κ3) is 10.0. The van der Waals surface area contributed by atoms with E-state index < -0.39 is 31.8 Å². The Labute approximate surface area is 284 Å². The van der Waals surface area contributed by atoms with E-state index in [1.54, 1.807) is 6.92 Å². The second-order valence-electron chi connectivity index (χ2n) is 13.7. The van der Waals surface area contributed by atoms with Gasteiger partial charge < -0.3 is 19.0 Å². The highest BCUT2D eigenvalue weighted by atomic mass is 28.4. The number of unbranched alkanes of at least 4 members (excludes halogenated alkanes) is 4. The SMILES string of the molecule is CCCCCCCOc1ccc(CCC(CCO[Si](c2ccccc2)(c2ccccc2)C(C)(C)C)(C(=O)O)C(=O)OC(C)CC)cc1. The van der Waals surface area contributed by atoms with Crippen LogP contribution in [0.3, 0.4) is 0 Å². The summed E-state index contributed by atoms with van der Waals surface area (Å²) in [6.07, 6.45) is 6.59. The van der Waals surface area contributed by atoms with E-state index >= 15 is 0 Å². The van der Waals surface area contributed by atoms with Crippen molar-refractivity contribution in [2.24, 2.45) is 5.41 Å². The minimum absolute atomic E-state index is 0.00131. The Hall–Kier alpha value is -3.42. The lowest BCUT2D eigenvalue weighted by Gasteiger charge is -2.43. The fourth-order valence-electron chi connectivity index (χ4n) is 6.15. The molecule has 2 unspecified atom stereocenters. The van der Waals surface area contributed by atoms with E-state index in [1.165, 1.54) is 19.3 Å². The van der Waals surface area contributed by atoms with Gasteiger partial charge in [-0.05, 0) is 72.1 Å². The van der Waals surface area contributed by atoms with Crippen molar-refractivity contribution in [1.82, 2.24) is 0 Å². The molecule has 3 aromatic rings. The van der Waals surface area contributed by atoms with Crippen molar-refractivity contribution < 1.29 is 28.6 Å². The molecule has 2 atom stereocenters. The zero-order valence-electron chi connectivity index (χ0n) is 29.4. The van der Waals surface area contributed by atoms with Crippen LogP contribution in [-0.2, 0) is 25.2 Å². The van der Waals surface area contributed by atoms with Gasteiger partial charge in [0.2, 0.25) is 0 Å². The molecule has 0 heterocycles. The molecule has 0 radical (unpaired) electrons. The van der Waals surface area contributed by atoms with Crippen molar-refractivity contribution in [2.75, 3.05) is 13.2 Å². The van der Waals surface area contributed by atoms with E-state index in [4.69, 9.17) is 13.9 Å². The van der Waals surface area contributed by atoms with Crippen molar-refractivity contribution in [2.45, 2.75) is 110 Å². The molecular weight excluding hydrogens is 605 g/mol. The minimum Gasteiger partial charge on any atom is -0.494 e. The van der Waals surface area contributed by atoms with Gasteiger partial charge in [0.1, 0.15) is 5.75 Å². The molecule has 0 fully saturated rings. The number of esters is 1. The number of carboxylic acid groups (broad SMARTS) is 1. The number of benzene rings is 3. The highest BCUT2D eigenvalue weighted by molar-refractivity contribution is 6.99. The quantitative estimate of drug-likeness (QED) is 0.0568. The maximum Gasteiger partial charge on any atom is 0.323 e. The predicted octanol–water partition coefficient (Wildman–Crippen LogP) is 8.35. The van der Waals surface area contributed by atoms with Crippen molar-refractivity contribution in [1.29, 1.82) is 0 Å². The summed E-state index contributed by atoms with van der Waals surface area (Å²) in [5.74, 6) is -1.09. The molecule has 0 aliphatic rings. The van der Waals surface area contributed by atoms with Crippen molar-refractivity contribution in [3.05, 3.63) is 90.5 Å². The number of aliphatic carboxylic acids is 1. The molecule has 7 heteroatoms. The standard InChI is InChI=1S/C40H56O6Si/c1-7-9-10-11-18-30-44-34-25-23-33(24-26-34)27-28-40(37(41)42,38(43)46-32(3)8-2)29-31-45-47(39(4,5)6,35-19-14-12-15-20-35)36-21-16-13-17-22-36/h12-17,19-26,32H,7-11,18,27-31H2,1-6H3,(H,41,42). The average Bonchev–Trinajstić information content (AvgIpc) is 3.06. The second-order valence-corrected chi connectivity index (χ2v) is 18.0. The molecule has 3 aromatic carbocycles. The molecule has 0 bridgehead atoms.